The van der Waals surface area contributed by atoms with Crippen LogP contribution in [0.5, 0.6) is 0 Å². The molecule has 0 fully saturated rings. The van der Waals surface area contributed by atoms with Gasteiger partial charge in [0.15, 0.2) is 0 Å². The van der Waals surface area contributed by atoms with E-state index in [1.807, 2.05) is 85.8 Å². The number of anilines is 2. The Balaban J connectivity index is 1.52. The quantitative estimate of drug-likeness (QED) is 0.371. The lowest BCUT2D eigenvalue weighted by atomic mass is 10.1. The monoisotopic (exact) mass is 419 g/mol. The number of hydrogen-bond donors (Lipinski definition) is 2. The molecule has 2 N–H and O–H groups in total. The average Bonchev–Trinajstić information content (AvgIpc) is 3.11. The molecule has 6 heteroatoms. The van der Waals surface area contributed by atoms with Crippen molar-refractivity contribution in [1.29, 1.82) is 0 Å². The Bertz CT molecular complexity index is 1120. The van der Waals surface area contributed by atoms with Crippen LogP contribution in [-0.4, -0.2) is 11.0 Å². The molecule has 2 amide bonds. The number of carbonyl (C=O) groups is 1. The molecule has 144 valence electrons. The fourth-order valence-corrected chi connectivity index (χ4v) is 4.02. The molecule has 0 unspecified atom stereocenters. The first kappa shape index (κ1) is 19.2. The predicted molar refractivity (Wildman–Crippen MR) is 122 cm³/mol. The number of carbonyl (C=O) groups excluding carboxylic acids is 1. The van der Waals surface area contributed by atoms with Crippen LogP contribution in [0.4, 0.5) is 16.2 Å². The van der Waals surface area contributed by atoms with Gasteiger partial charge in [0.2, 0.25) is 0 Å². The van der Waals surface area contributed by atoms with E-state index in [0.29, 0.717) is 5.02 Å². The minimum Gasteiger partial charge on any atom is -0.308 e. The van der Waals surface area contributed by atoms with Gasteiger partial charge in [-0.1, -0.05) is 54.1 Å². The van der Waals surface area contributed by atoms with Crippen LogP contribution in [-0.2, 0) is 0 Å². The highest BCUT2D eigenvalue weighted by molar-refractivity contribution is 7.15. The van der Waals surface area contributed by atoms with Crippen LogP contribution in [0.15, 0.2) is 78.9 Å². The van der Waals surface area contributed by atoms with Crippen LogP contribution < -0.4 is 10.6 Å². The van der Waals surface area contributed by atoms with Gasteiger partial charge in [0.25, 0.3) is 0 Å². The summed E-state index contributed by atoms with van der Waals surface area (Å²) < 4.78 is 0. The van der Waals surface area contributed by atoms with Crippen molar-refractivity contribution in [2.45, 2.75) is 6.92 Å². The number of amides is 2. The van der Waals surface area contributed by atoms with Crippen molar-refractivity contribution in [3.63, 3.8) is 0 Å². The minimum absolute atomic E-state index is 0.278. The number of thiazole rings is 1. The van der Waals surface area contributed by atoms with E-state index < -0.39 is 0 Å². The van der Waals surface area contributed by atoms with Crippen molar-refractivity contribution in [2.75, 3.05) is 10.6 Å². The summed E-state index contributed by atoms with van der Waals surface area (Å²) in [7, 11) is 0. The molecule has 0 spiro atoms. The number of benzene rings is 3. The Morgan fingerprint density at radius 3 is 2.07 bits per heavy atom. The zero-order chi connectivity index (χ0) is 20.2. The fourth-order valence-electron chi connectivity index (χ4n) is 2.95. The highest BCUT2D eigenvalue weighted by atomic mass is 35.5. The SMILES string of the molecule is Cc1nc(-c2ccc(Cl)cc2)c(-c2ccc(NC(=O)Nc3ccccc3)cc2)s1. The summed E-state index contributed by atoms with van der Waals surface area (Å²) in [6.07, 6.45) is 0. The van der Waals surface area contributed by atoms with Crippen molar-refractivity contribution in [1.82, 2.24) is 4.98 Å². The second-order valence-electron chi connectivity index (χ2n) is 6.44. The molecule has 0 saturated heterocycles. The zero-order valence-electron chi connectivity index (χ0n) is 15.6. The Labute approximate surface area is 178 Å². The lowest BCUT2D eigenvalue weighted by Crippen LogP contribution is -2.19. The smallest absolute Gasteiger partial charge is 0.308 e. The van der Waals surface area contributed by atoms with Crippen molar-refractivity contribution in [3.05, 3.63) is 88.9 Å². The van der Waals surface area contributed by atoms with E-state index in [9.17, 15) is 4.79 Å². The molecule has 0 aliphatic heterocycles. The number of nitrogens with one attached hydrogen (secondary N) is 2. The van der Waals surface area contributed by atoms with E-state index >= 15 is 0 Å². The van der Waals surface area contributed by atoms with Crippen LogP contribution in [0, 0.1) is 6.92 Å². The lowest BCUT2D eigenvalue weighted by molar-refractivity contribution is 0.262. The molecule has 0 saturated carbocycles. The number of urea groups is 1. The number of rotatable bonds is 4. The lowest BCUT2D eigenvalue weighted by Gasteiger charge is -2.08. The van der Waals surface area contributed by atoms with Gasteiger partial charge in [0.1, 0.15) is 0 Å². The van der Waals surface area contributed by atoms with Crippen molar-refractivity contribution < 1.29 is 4.79 Å². The fraction of sp³-hybridized carbons (Fsp3) is 0.0435. The highest BCUT2D eigenvalue weighted by Gasteiger charge is 2.13. The van der Waals surface area contributed by atoms with E-state index in [2.05, 4.69) is 10.6 Å². The van der Waals surface area contributed by atoms with Gasteiger partial charge < -0.3 is 10.6 Å². The minimum atomic E-state index is -0.278. The van der Waals surface area contributed by atoms with E-state index in [0.717, 1.165) is 38.1 Å². The molecular weight excluding hydrogens is 402 g/mol. The van der Waals surface area contributed by atoms with E-state index in [1.165, 1.54) is 0 Å². The summed E-state index contributed by atoms with van der Waals surface area (Å²) in [6.45, 7) is 2.00. The molecule has 4 rings (SSSR count). The van der Waals surface area contributed by atoms with Crippen molar-refractivity contribution in [2.24, 2.45) is 0 Å². The highest BCUT2D eigenvalue weighted by Crippen LogP contribution is 2.37. The van der Waals surface area contributed by atoms with Gasteiger partial charge in [0, 0.05) is 22.0 Å². The maximum absolute atomic E-state index is 12.2. The molecule has 0 aliphatic rings. The first-order valence-electron chi connectivity index (χ1n) is 9.05. The maximum Gasteiger partial charge on any atom is 0.323 e. The third-order valence-corrected chi connectivity index (χ3v) is 5.56. The molecule has 0 aliphatic carbocycles. The summed E-state index contributed by atoms with van der Waals surface area (Å²) in [4.78, 5) is 18.0. The number of hydrogen-bond acceptors (Lipinski definition) is 3. The van der Waals surface area contributed by atoms with Crippen LogP contribution in [0.2, 0.25) is 5.02 Å². The van der Waals surface area contributed by atoms with Gasteiger partial charge in [-0.3, -0.25) is 0 Å². The first-order chi connectivity index (χ1) is 14.1. The van der Waals surface area contributed by atoms with Crippen LogP contribution in [0.1, 0.15) is 5.01 Å². The first-order valence-corrected chi connectivity index (χ1v) is 10.2. The molecule has 1 heterocycles. The summed E-state index contributed by atoms with van der Waals surface area (Å²) in [5.41, 5.74) is 4.48. The second kappa shape index (κ2) is 8.47. The Hall–Kier alpha value is -3.15. The molecule has 0 bridgehead atoms. The molecule has 0 atom stereocenters. The summed E-state index contributed by atoms with van der Waals surface area (Å²) in [5.74, 6) is 0. The van der Waals surface area contributed by atoms with Gasteiger partial charge in [-0.05, 0) is 48.9 Å². The molecule has 0 radical (unpaired) electrons. The number of nitrogens with zero attached hydrogens (tertiary/aromatic N) is 1. The third-order valence-electron chi connectivity index (χ3n) is 4.29. The molecule has 29 heavy (non-hydrogen) atoms. The predicted octanol–water partition coefficient (Wildman–Crippen LogP) is 7.08. The Morgan fingerprint density at radius 2 is 1.41 bits per heavy atom. The summed E-state index contributed by atoms with van der Waals surface area (Å²) in [5, 5.41) is 7.35. The standard InChI is InChI=1S/C23H18ClN3OS/c1-15-25-21(16-7-11-18(24)12-8-16)22(29-15)17-9-13-20(14-10-17)27-23(28)26-19-5-3-2-4-6-19/h2-14H,1H3,(H2,26,27,28). The molecular formula is C23H18ClN3OS. The molecule has 3 aromatic carbocycles. The molecule has 4 nitrogen and oxygen atoms in total. The van der Waals surface area contributed by atoms with E-state index in [4.69, 9.17) is 16.6 Å². The normalized spacial score (nSPS) is 10.6. The second-order valence-corrected chi connectivity index (χ2v) is 8.08. The number of aryl methyl sites for hydroxylation is 1. The van der Waals surface area contributed by atoms with Crippen LogP contribution >= 0.6 is 22.9 Å². The Morgan fingerprint density at radius 1 is 0.828 bits per heavy atom. The van der Waals surface area contributed by atoms with Gasteiger partial charge in [-0.15, -0.1) is 11.3 Å². The van der Waals surface area contributed by atoms with Gasteiger partial charge in [-0.25, -0.2) is 9.78 Å². The average molecular weight is 420 g/mol. The van der Waals surface area contributed by atoms with Gasteiger partial charge in [0.05, 0.1) is 15.6 Å². The van der Waals surface area contributed by atoms with E-state index in [1.54, 1.807) is 11.3 Å². The number of halogens is 1. The van der Waals surface area contributed by atoms with Crippen molar-refractivity contribution >= 4 is 40.3 Å². The topological polar surface area (TPSA) is 54.0 Å². The Kier molecular flexibility index (Phi) is 5.60. The zero-order valence-corrected chi connectivity index (χ0v) is 17.2. The largest absolute Gasteiger partial charge is 0.323 e. The molecule has 4 aromatic rings. The number of para-hydroxylation sites is 1. The van der Waals surface area contributed by atoms with E-state index in [-0.39, 0.29) is 6.03 Å². The third kappa shape index (κ3) is 4.65. The molecule has 1 aromatic heterocycles. The van der Waals surface area contributed by atoms with Crippen LogP contribution in [0.25, 0.3) is 21.7 Å². The summed E-state index contributed by atoms with van der Waals surface area (Å²) >= 11 is 7.66. The number of aromatic nitrogens is 1. The van der Waals surface area contributed by atoms with Crippen molar-refractivity contribution in [3.8, 4) is 21.7 Å². The summed E-state index contributed by atoms with van der Waals surface area (Å²) in [6, 6.07) is 24.5. The maximum atomic E-state index is 12.2. The van der Waals surface area contributed by atoms with Crippen LogP contribution in [0.3, 0.4) is 0 Å². The van der Waals surface area contributed by atoms with Gasteiger partial charge in [-0.2, -0.15) is 0 Å². The van der Waals surface area contributed by atoms with Gasteiger partial charge >= 0.3 is 6.03 Å².